The largest absolute Gasteiger partial charge is 0.495 e. The van der Waals surface area contributed by atoms with Gasteiger partial charge in [-0.15, -0.1) is 0 Å². The van der Waals surface area contributed by atoms with Crippen molar-refractivity contribution in [2.45, 2.75) is 18.9 Å². The van der Waals surface area contributed by atoms with Gasteiger partial charge in [-0.05, 0) is 51.2 Å². The summed E-state index contributed by atoms with van der Waals surface area (Å²) in [5.41, 5.74) is 6.87. The Kier molecular flexibility index (Phi) is 4.27. The maximum Gasteiger partial charge on any atom is 0.251 e. The number of nitrogens with zero attached hydrogens (tertiary/aromatic N) is 1. The van der Waals surface area contributed by atoms with Gasteiger partial charge in [0.1, 0.15) is 5.75 Å². The molecule has 0 unspecified atom stereocenters. The van der Waals surface area contributed by atoms with E-state index in [4.69, 9.17) is 10.5 Å². The van der Waals surface area contributed by atoms with Crippen LogP contribution < -0.4 is 15.8 Å². The van der Waals surface area contributed by atoms with Crippen LogP contribution in [-0.2, 0) is 0 Å². The Bertz CT molecular complexity index is 464. The van der Waals surface area contributed by atoms with Crippen molar-refractivity contribution in [1.82, 2.24) is 10.2 Å². The van der Waals surface area contributed by atoms with Crippen LogP contribution in [0.15, 0.2) is 18.2 Å². The molecule has 108 valence electrons. The Balaban J connectivity index is 0.00000200. The lowest BCUT2D eigenvalue weighted by Gasteiger charge is -2.29. The van der Waals surface area contributed by atoms with Gasteiger partial charge in [0.05, 0.1) is 12.8 Å². The molecule has 0 atom stereocenters. The van der Waals surface area contributed by atoms with E-state index in [0.29, 0.717) is 17.0 Å². The van der Waals surface area contributed by atoms with E-state index in [0.717, 1.165) is 25.9 Å². The van der Waals surface area contributed by atoms with Crippen LogP contribution in [0.3, 0.4) is 0 Å². The molecule has 1 aliphatic heterocycles. The molecule has 1 saturated heterocycles. The summed E-state index contributed by atoms with van der Waals surface area (Å²) in [6.07, 6.45) is 1.99. The summed E-state index contributed by atoms with van der Waals surface area (Å²) < 4.78 is 5.13. The Morgan fingerprint density at radius 2 is 2.16 bits per heavy atom. The highest BCUT2D eigenvalue weighted by molar-refractivity contribution is 5.95. The molecule has 0 bridgehead atoms. The van der Waals surface area contributed by atoms with Crippen molar-refractivity contribution in [1.29, 1.82) is 0 Å². The summed E-state index contributed by atoms with van der Waals surface area (Å²) in [7, 11) is 3.65. The van der Waals surface area contributed by atoms with Crippen LogP contribution in [0.4, 0.5) is 5.69 Å². The molecule has 0 spiro atoms. The van der Waals surface area contributed by atoms with Crippen LogP contribution in [0.1, 0.15) is 26.1 Å². The molecule has 0 aliphatic carbocycles. The van der Waals surface area contributed by atoms with Crippen LogP contribution in [-0.4, -0.2) is 44.1 Å². The molecule has 3 N–H and O–H groups in total. The second kappa shape index (κ2) is 5.93. The number of anilines is 1. The first-order chi connectivity index (χ1) is 9.10. The number of rotatable bonds is 3. The zero-order chi connectivity index (χ0) is 13.8. The van der Waals surface area contributed by atoms with Gasteiger partial charge in [-0.1, -0.05) is 0 Å². The zero-order valence-corrected chi connectivity index (χ0v) is 11.5. The standard InChI is InChI=1S/C14H21N3O2.2H2/c1-17-7-5-11(6-8-17)16-14(18)10-3-4-12(15)13(9-10)19-2;;/h3-4,9,11H,5-8,15H2,1-2H3,(H,16,18);2*1H. The average molecular weight is 267 g/mol. The highest BCUT2D eigenvalue weighted by Crippen LogP contribution is 2.22. The van der Waals surface area contributed by atoms with Gasteiger partial charge < -0.3 is 20.7 Å². The van der Waals surface area contributed by atoms with Crippen LogP contribution in [0, 0.1) is 0 Å². The Labute approximate surface area is 116 Å². The van der Waals surface area contributed by atoms with E-state index in [1.165, 1.54) is 0 Å². The number of likely N-dealkylation sites (tertiary alicyclic amines) is 1. The fourth-order valence-corrected chi connectivity index (χ4v) is 2.27. The van der Waals surface area contributed by atoms with Gasteiger partial charge in [-0.3, -0.25) is 4.79 Å². The number of nitrogens with one attached hydrogen (secondary N) is 1. The molecule has 19 heavy (non-hydrogen) atoms. The quantitative estimate of drug-likeness (QED) is 0.816. The minimum Gasteiger partial charge on any atom is -0.495 e. The third-order valence-electron chi connectivity index (χ3n) is 3.55. The van der Waals surface area contributed by atoms with Crippen LogP contribution in [0.25, 0.3) is 0 Å². The second-order valence-corrected chi connectivity index (χ2v) is 5.01. The number of amides is 1. The summed E-state index contributed by atoms with van der Waals surface area (Å²) in [4.78, 5) is 14.4. The second-order valence-electron chi connectivity index (χ2n) is 5.01. The van der Waals surface area contributed by atoms with Crippen molar-refractivity contribution in [2.24, 2.45) is 0 Å². The summed E-state index contributed by atoms with van der Waals surface area (Å²) >= 11 is 0. The average Bonchev–Trinajstić information content (AvgIpc) is 2.42. The van der Waals surface area contributed by atoms with Gasteiger partial charge in [0.25, 0.3) is 5.91 Å². The summed E-state index contributed by atoms with van der Waals surface area (Å²) in [6.45, 7) is 2.05. The zero-order valence-electron chi connectivity index (χ0n) is 11.5. The summed E-state index contributed by atoms with van der Waals surface area (Å²) in [5, 5.41) is 3.06. The minimum atomic E-state index is -0.0622. The van der Waals surface area contributed by atoms with Crippen LogP contribution in [0.5, 0.6) is 5.75 Å². The number of nitrogens with two attached hydrogens (primary N) is 1. The van der Waals surface area contributed by atoms with Gasteiger partial charge in [-0.25, -0.2) is 0 Å². The SMILES string of the molecule is COc1cc(C(=O)NC2CCN(C)CC2)ccc1N.[HH].[HH]. The third kappa shape index (κ3) is 3.38. The minimum absolute atomic E-state index is 0. The first-order valence-electron chi connectivity index (χ1n) is 6.53. The van der Waals surface area contributed by atoms with E-state index in [1.54, 1.807) is 25.3 Å². The molecular formula is C14H25N3O2. The molecule has 0 radical (unpaired) electrons. The third-order valence-corrected chi connectivity index (χ3v) is 3.55. The van der Waals surface area contributed by atoms with E-state index in [1.807, 2.05) is 0 Å². The molecule has 1 aliphatic rings. The number of ether oxygens (including phenoxy) is 1. The lowest BCUT2D eigenvalue weighted by atomic mass is 10.0. The molecule has 0 aromatic heterocycles. The molecule has 5 nitrogen and oxygen atoms in total. The van der Waals surface area contributed by atoms with Crippen molar-refractivity contribution in [2.75, 3.05) is 33.0 Å². The highest BCUT2D eigenvalue weighted by atomic mass is 16.5. The van der Waals surface area contributed by atoms with Gasteiger partial charge in [0.15, 0.2) is 0 Å². The van der Waals surface area contributed by atoms with Crippen LogP contribution in [0.2, 0.25) is 0 Å². The monoisotopic (exact) mass is 267 g/mol. The molecule has 1 heterocycles. The van der Waals surface area contributed by atoms with Crippen molar-refractivity contribution in [3.8, 4) is 5.75 Å². The lowest BCUT2D eigenvalue weighted by Crippen LogP contribution is -2.43. The number of nitrogen functional groups attached to an aromatic ring is 1. The predicted molar refractivity (Wildman–Crippen MR) is 79.6 cm³/mol. The van der Waals surface area contributed by atoms with Gasteiger partial charge in [0, 0.05) is 14.5 Å². The first kappa shape index (κ1) is 13.7. The number of benzene rings is 1. The molecule has 2 rings (SSSR count). The Hall–Kier alpha value is -1.75. The van der Waals surface area contributed by atoms with E-state index >= 15 is 0 Å². The van der Waals surface area contributed by atoms with E-state index in [9.17, 15) is 4.79 Å². The van der Waals surface area contributed by atoms with Crippen molar-refractivity contribution < 1.29 is 12.4 Å². The smallest absolute Gasteiger partial charge is 0.251 e. The van der Waals surface area contributed by atoms with Gasteiger partial charge >= 0.3 is 0 Å². The fraction of sp³-hybridized carbons (Fsp3) is 0.500. The fourth-order valence-electron chi connectivity index (χ4n) is 2.27. The molecule has 0 saturated carbocycles. The van der Waals surface area contributed by atoms with Crippen molar-refractivity contribution in [3.05, 3.63) is 23.8 Å². The number of methoxy groups -OCH3 is 1. The predicted octanol–water partition coefficient (Wildman–Crippen LogP) is 1.59. The maximum absolute atomic E-state index is 12.2. The van der Waals surface area contributed by atoms with Gasteiger partial charge in [0.2, 0.25) is 0 Å². The first-order valence-corrected chi connectivity index (χ1v) is 6.53. The number of piperidine rings is 1. The molecule has 1 amide bonds. The molecule has 1 fully saturated rings. The van der Waals surface area contributed by atoms with Crippen LogP contribution >= 0.6 is 0 Å². The Morgan fingerprint density at radius 1 is 1.47 bits per heavy atom. The molecule has 1 aromatic carbocycles. The molecular weight excluding hydrogens is 242 g/mol. The lowest BCUT2D eigenvalue weighted by molar-refractivity contribution is 0.0916. The van der Waals surface area contributed by atoms with E-state index < -0.39 is 0 Å². The normalized spacial score (nSPS) is 17.2. The highest BCUT2D eigenvalue weighted by Gasteiger charge is 2.19. The Morgan fingerprint density at radius 3 is 2.79 bits per heavy atom. The number of carbonyl (C=O) groups excluding carboxylic acids is 1. The van der Waals surface area contributed by atoms with Gasteiger partial charge in [-0.2, -0.15) is 0 Å². The number of hydrogen-bond donors (Lipinski definition) is 2. The molecule has 1 aromatic rings. The van der Waals surface area contributed by atoms with Crippen molar-refractivity contribution >= 4 is 11.6 Å². The van der Waals surface area contributed by atoms with E-state index in [-0.39, 0.29) is 14.8 Å². The molecule has 5 heteroatoms. The van der Waals surface area contributed by atoms with E-state index in [2.05, 4.69) is 17.3 Å². The maximum atomic E-state index is 12.2. The summed E-state index contributed by atoms with van der Waals surface area (Å²) in [5.74, 6) is 0.476. The number of hydrogen-bond acceptors (Lipinski definition) is 4. The number of carbonyl (C=O) groups is 1. The van der Waals surface area contributed by atoms with Crippen molar-refractivity contribution in [3.63, 3.8) is 0 Å². The summed E-state index contributed by atoms with van der Waals surface area (Å²) in [6, 6.07) is 5.36. The topological polar surface area (TPSA) is 67.6 Å².